The van der Waals surface area contributed by atoms with Crippen LogP contribution in [0, 0.1) is 0 Å². The molecule has 0 fully saturated rings. The van der Waals surface area contributed by atoms with Gasteiger partial charge in [0.2, 0.25) is 0 Å². The molecular formula is C9H16N4S. The molecule has 1 heterocycles. The van der Waals surface area contributed by atoms with E-state index in [1.54, 1.807) is 0 Å². The summed E-state index contributed by atoms with van der Waals surface area (Å²) in [5.41, 5.74) is 6.67. The highest BCUT2D eigenvalue weighted by atomic mass is 32.1. The van der Waals surface area contributed by atoms with Crippen LogP contribution in [-0.2, 0) is 13.5 Å². The number of nitrogens with zero attached hydrogens (tertiary/aromatic N) is 3. The van der Waals surface area contributed by atoms with Crippen molar-refractivity contribution in [3.8, 4) is 0 Å². The third-order valence-electron chi connectivity index (χ3n) is 2.10. The maximum Gasteiger partial charge on any atom is 0.0869 e. The molecule has 0 amide bonds. The van der Waals surface area contributed by atoms with Crippen LogP contribution in [0.3, 0.4) is 0 Å². The average molecular weight is 212 g/mol. The molecule has 0 aliphatic carbocycles. The Kier molecular flexibility index (Phi) is 4.03. The average Bonchev–Trinajstić information content (AvgIpc) is 2.46. The lowest BCUT2D eigenvalue weighted by atomic mass is 10.3. The molecule has 0 aliphatic heterocycles. The number of hydrogen-bond donors (Lipinski definition) is 1. The van der Waals surface area contributed by atoms with Crippen LogP contribution in [0.1, 0.15) is 5.69 Å². The smallest absolute Gasteiger partial charge is 0.0869 e. The van der Waals surface area contributed by atoms with Crippen LogP contribution in [0.25, 0.3) is 0 Å². The number of likely N-dealkylation sites (N-methyl/N-ethyl adjacent to an activating group) is 1. The van der Waals surface area contributed by atoms with Crippen LogP contribution in [0.4, 0.5) is 0 Å². The van der Waals surface area contributed by atoms with E-state index in [1.807, 2.05) is 31.0 Å². The van der Waals surface area contributed by atoms with Gasteiger partial charge in [0.15, 0.2) is 0 Å². The molecule has 0 atom stereocenters. The summed E-state index contributed by atoms with van der Waals surface area (Å²) in [6, 6.07) is 2.02. The summed E-state index contributed by atoms with van der Waals surface area (Å²) in [6.07, 6.45) is 2.78. The SMILES string of the molecule is CN(CCc1ccnn1C)CC(N)=S. The summed E-state index contributed by atoms with van der Waals surface area (Å²) >= 11 is 4.83. The lowest BCUT2D eigenvalue weighted by Crippen LogP contribution is -2.31. The predicted molar refractivity (Wildman–Crippen MR) is 61.2 cm³/mol. The van der Waals surface area contributed by atoms with Crippen molar-refractivity contribution in [3.05, 3.63) is 18.0 Å². The van der Waals surface area contributed by atoms with E-state index in [0.717, 1.165) is 13.0 Å². The van der Waals surface area contributed by atoms with Crippen molar-refractivity contribution < 1.29 is 0 Å². The fourth-order valence-corrected chi connectivity index (χ4v) is 1.52. The van der Waals surface area contributed by atoms with E-state index in [0.29, 0.717) is 11.5 Å². The Hall–Kier alpha value is -0.940. The van der Waals surface area contributed by atoms with Crippen molar-refractivity contribution in [2.24, 2.45) is 12.8 Å². The topological polar surface area (TPSA) is 47.1 Å². The number of aromatic nitrogens is 2. The molecule has 0 aromatic carbocycles. The highest BCUT2D eigenvalue weighted by Crippen LogP contribution is 1.98. The molecule has 0 bridgehead atoms. The number of thiocarbonyl (C=S) groups is 1. The van der Waals surface area contributed by atoms with Crippen molar-refractivity contribution >= 4 is 17.2 Å². The molecule has 1 rings (SSSR count). The van der Waals surface area contributed by atoms with Gasteiger partial charge in [0.1, 0.15) is 0 Å². The molecule has 0 spiro atoms. The third kappa shape index (κ3) is 3.43. The molecular weight excluding hydrogens is 196 g/mol. The minimum atomic E-state index is 0.539. The molecule has 0 aliphatic rings. The Morgan fingerprint density at radius 2 is 2.43 bits per heavy atom. The maximum absolute atomic E-state index is 5.44. The first-order chi connectivity index (χ1) is 6.59. The fourth-order valence-electron chi connectivity index (χ4n) is 1.30. The molecule has 2 N–H and O–H groups in total. The molecule has 0 saturated carbocycles. The molecule has 0 radical (unpaired) electrons. The summed E-state index contributed by atoms with van der Waals surface area (Å²) in [6.45, 7) is 1.62. The van der Waals surface area contributed by atoms with Gasteiger partial charge in [0, 0.05) is 38.4 Å². The first kappa shape index (κ1) is 11.1. The van der Waals surface area contributed by atoms with Gasteiger partial charge >= 0.3 is 0 Å². The molecule has 0 unspecified atom stereocenters. The van der Waals surface area contributed by atoms with Gasteiger partial charge in [-0.25, -0.2) is 0 Å². The lowest BCUT2D eigenvalue weighted by Gasteiger charge is -2.15. The van der Waals surface area contributed by atoms with Gasteiger partial charge in [-0.1, -0.05) is 12.2 Å². The molecule has 78 valence electrons. The molecule has 5 heteroatoms. The normalized spacial score (nSPS) is 10.8. The van der Waals surface area contributed by atoms with Gasteiger partial charge < -0.3 is 5.73 Å². The Balaban J connectivity index is 2.34. The molecule has 4 nitrogen and oxygen atoms in total. The van der Waals surface area contributed by atoms with E-state index in [4.69, 9.17) is 18.0 Å². The lowest BCUT2D eigenvalue weighted by molar-refractivity contribution is 0.382. The van der Waals surface area contributed by atoms with E-state index in [2.05, 4.69) is 10.00 Å². The van der Waals surface area contributed by atoms with Gasteiger partial charge in [-0.3, -0.25) is 9.58 Å². The zero-order chi connectivity index (χ0) is 10.6. The quantitative estimate of drug-likeness (QED) is 0.707. The van der Waals surface area contributed by atoms with Crippen molar-refractivity contribution in [1.29, 1.82) is 0 Å². The van der Waals surface area contributed by atoms with E-state index in [-0.39, 0.29) is 0 Å². The van der Waals surface area contributed by atoms with Gasteiger partial charge in [0.25, 0.3) is 0 Å². The first-order valence-electron chi connectivity index (χ1n) is 4.53. The van der Waals surface area contributed by atoms with E-state index < -0.39 is 0 Å². The standard InChI is InChI=1S/C9H16N4S/c1-12(7-9(10)14)6-4-8-3-5-11-13(8)2/h3,5H,4,6-7H2,1-2H3,(H2,10,14). The Labute approximate surface area is 89.7 Å². The minimum absolute atomic E-state index is 0.539. The molecule has 14 heavy (non-hydrogen) atoms. The van der Waals surface area contributed by atoms with Crippen LogP contribution >= 0.6 is 12.2 Å². The van der Waals surface area contributed by atoms with Crippen LogP contribution in [0.15, 0.2) is 12.3 Å². The van der Waals surface area contributed by atoms with Crippen molar-refractivity contribution in [2.75, 3.05) is 20.1 Å². The number of aryl methyl sites for hydroxylation is 1. The number of hydrogen-bond acceptors (Lipinski definition) is 3. The van der Waals surface area contributed by atoms with Crippen molar-refractivity contribution in [3.63, 3.8) is 0 Å². The van der Waals surface area contributed by atoms with Gasteiger partial charge in [-0.05, 0) is 13.1 Å². The zero-order valence-corrected chi connectivity index (χ0v) is 9.42. The summed E-state index contributed by atoms with van der Waals surface area (Å²) < 4.78 is 1.88. The number of rotatable bonds is 5. The fraction of sp³-hybridized carbons (Fsp3) is 0.556. The molecule has 0 saturated heterocycles. The van der Waals surface area contributed by atoms with Gasteiger partial charge in [0.05, 0.1) is 4.99 Å². The third-order valence-corrected chi connectivity index (χ3v) is 2.23. The van der Waals surface area contributed by atoms with Crippen molar-refractivity contribution in [2.45, 2.75) is 6.42 Å². The Morgan fingerprint density at radius 1 is 1.71 bits per heavy atom. The monoisotopic (exact) mass is 212 g/mol. The highest BCUT2D eigenvalue weighted by molar-refractivity contribution is 7.80. The van der Waals surface area contributed by atoms with E-state index in [1.165, 1.54) is 5.69 Å². The van der Waals surface area contributed by atoms with Crippen LogP contribution in [-0.4, -0.2) is 39.8 Å². The van der Waals surface area contributed by atoms with Gasteiger partial charge in [-0.2, -0.15) is 5.10 Å². The second kappa shape index (κ2) is 5.07. The molecule has 1 aromatic rings. The minimum Gasteiger partial charge on any atom is -0.392 e. The summed E-state index contributed by atoms with van der Waals surface area (Å²) in [5, 5.41) is 4.10. The first-order valence-corrected chi connectivity index (χ1v) is 4.94. The van der Waals surface area contributed by atoms with Gasteiger partial charge in [-0.15, -0.1) is 0 Å². The van der Waals surface area contributed by atoms with Crippen molar-refractivity contribution in [1.82, 2.24) is 14.7 Å². The maximum atomic E-state index is 5.44. The van der Waals surface area contributed by atoms with Crippen LogP contribution in [0.2, 0.25) is 0 Å². The Bertz CT molecular complexity index is 308. The van der Waals surface area contributed by atoms with Crippen LogP contribution < -0.4 is 5.73 Å². The van der Waals surface area contributed by atoms with Crippen LogP contribution in [0.5, 0.6) is 0 Å². The van der Waals surface area contributed by atoms with E-state index in [9.17, 15) is 0 Å². The zero-order valence-electron chi connectivity index (χ0n) is 8.60. The second-order valence-corrected chi connectivity index (χ2v) is 3.92. The number of nitrogens with two attached hydrogens (primary N) is 1. The summed E-state index contributed by atoms with van der Waals surface area (Å²) in [4.78, 5) is 2.65. The second-order valence-electron chi connectivity index (χ2n) is 3.40. The molecule has 1 aromatic heterocycles. The highest BCUT2D eigenvalue weighted by Gasteiger charge is 2.02. The largest absolute Gasteiger partial charge is 0.392 e. The summed E-state index contributed by atoms with van der Waals surface area (Å²) in [5.74, 6) is 0. The summed E-state index contributed by atoms with van der Waals surface area (Å²) in [7, 11) is 3.96. The predicted octanol–water partition coefficient (Wildman–Crippen LogP) is 0.180. The Morgan fingerprint density at radius 3 is 2.93 bits per heavy atom. The van der Waals surface area contributed by atoms with E-state index >= 15 is 0 Å².